The molecule has 3 rings (SSSR count). The maximum absolute atomic E-state index is 12.5. The molecule has 1 heterocycles. The molecule has 1 amide bonds. The highest BCUT2D eigenvalue weighted by Gasteiger charge is 2.39. The average Bonchev–Trinajstić information content (AvgIpc) is 2.58. The van der Waals surface area contributed by atoms with Crippen molar-refractivity contribution in [2.75, 3.05) is 13.2 Å². The average molecular weight is 323 g/mol. The van der Waals surface area contributed by atoms with Crippen molar-refractivity contribution in [2.24, 2.45) is 5.92 Å². The van der Waals surface area contributed by atoms with Crippen LogP contribution in [0.5, 0.6) is 5.75 Å². The Morgan fingerprint density at radius 1 is 1.12 bits per heavy atom. The summed E-state index contributed by atoms with van der Waals surface area (Å²) >= 11 is 0. The highest BCUT2D eigenvalue weighted by Crippen LogP contribution is 2.38. The second-order valence-electron chi connectivity index (χ2n) is 6.60. The van der Waals surface area contributed by atoms with E-state index < -0.39 is 0 Å². The molecular weight excluding hydrogens is 298 g/mol. The largest absolute Gasteiger partial charge is 0.493 e. The Hall–Kier alpha value is -2.29. The SMILES string of the molecule is Cc1ccccc1OCCCC(=O)N1C[C@H](C)[C@H]1c1ccccc1. The van der Waals surface area contributed by atoms with Crippen LogP contribution in [0.25, 0.3) is 0 Å². The Morgan fingerprint density at radius 2 is 1.83 bits per heavy atom. The van der Waals surface area contributed by atoms with Gasteiger partial charge in [-0.05, 0) is 36.5 Å². The number of benzene rings is 2. The van der Waals surface area contributed by atoms with Crippen molar-refractivity contribution in [1.82, 2.24) is 4.90 Å². The van der Waals surface area contributed by atoms with E-state index in [0.717, 1.165) is 24.3 Å². The van der Waals surface area contributed by atoms with Gasteiger partial charge >= 0.3 is 0 Å². The molecule has 1 saturated heterocycles. The van der Waals surface area contributed by atoms with Gasteiger partial charge in [-0.1, -0.05) is 55.5 Å². The van der Waals surface area contributed by atoms with Gasteiger partial charge in [0.25, 0.3) is 0 Å². The summed E-state index contributed by atoms with van der Waals surface area (Å²) in [6, 6.07) is 18.5. The number of rotatable bonds is 6. The van der Waals surface area contributed by atoms with Gasteiger partial charge in [0.15, 0.2) is 0 Å². The molecule has 1 aliphatic rings. The summed E-state index contributed by atoms with van der Waals surface area (Å²) in [6.45, 7) is 5.68. The monoisotopic (exact) mass is 323 g/mol. The molecule has 0 N–H and O–H groups in total. The van der Waals surface area contributed by atoms with E-state index in [1.54, 1.807) is 0 Å². The Bertz CT molecular complexity index is 683. The Kier molecular flexibility index (Phi) is 5.19. The first-order valence-corrected chi connectivity index (χ1v) is 8.69. The van der Waals surface area contributed by atoms with Crippen LogP contribution in [0.2, 0.25) is 0 Å². The van der Waals surface area contributed by atoms with Crippen LogP contribution in [0.4, 0.5) is 0 Å². The number of carbonyl (C=O) groups excluding carboxylic acids is 1. The lowest BCUT2D eigenvalue weighted by Gasteiger charge is -2.47. The Balaban J connectivity index is 1.48. The molecule has 2 aromatic carbocycles. The minimum atomic E-state index is 0.232. The van der Waals surface area contributed by atoms with E-state index in [1.165, 1.54) is 5.56 Å². The van der Waals surface area contributed by atoms with Gasteiger partial charge in [0.2, 0.25) is 5.91 Å². The van der Waals surface area contributed by atoms with Crippen molar-refractivity contribution < 1.29 is 9.53 Å². The second kappa shape index (κ2) is 7.52. The standard InChI is InChI=1S/C21H25NO2/c1-16-9-6-7-12-19(16)24-14-8-13-20(23)22-15-17(2)21(22)18-10-4-3-5-11-18/h3-7,9-12,17,21H,8,13-15H2,1-2H3/t17-,21-/m0/s1. The van der Waals surface area contributed by atoms with Gasteiger partial charge in [-0.25, -0.2) is 0 Å². The third-order valence-electron chi connectivity index (χ3n) is 4.71. The van der Waals surface area contributed by atoms with Crippen molar-refractivity contribution in [3.05, 3.63) is 65.7 Å². The van der Waals surface area contributed by atoms with Crippen molar-refractivity contribution in [1.29, 1.82) is 0 Å². The number of likely N-dealkylation sites (tertiary alicyclic amines) is 1. The van der Waals surface area contributed by atoms with Crippen molar-refractivity contribution in [3.8, 4) is 5.75 Å². The van der Waals surface area contributed by atoms with Gasteiger partial charge in [-0.3, -0.25) is 4.79 Å². The molecule has 1 aliphatic heterocycles. The maximum atomic E-state index is 12.5. The van der Waals surface area contributed by atoms with Crippen LogP contribution in [0.3, 0.4) is 0 Å². The van der Waals surface area contributed by atoms with E-state index in [1.807, 2.05) is 54.3 Å². The highest BCUT2D eigenvalue weighted by atomic mass is 16.5. The summed E-state index contributed by atoms with van der Waals surface area (Å²) in [5.41, 5.74) is 2.37. The number of hydrogen-bond acceptors (Lipinski definition) is 2. The first-order chi connectivity index (χ1) is 11.7. The number of carbonyl (C=O) groups is 1. The van der Waals surface area contributed by atoms with Crippen LogP contribution in [0, 0.1) is 12.8 Å². The molecule has 3 heteroatoms. The summed E-state index contributed by atoms with van der Waals surface area (Å²) in [7, 11) is 0. The Labute approximate surface area is 144 Å². The van der Waals surface area contributed by atoms with Crippen LogP contribution in [-0.2, 0) is 4.79 Å². The van der Waals surface area contributed by atoms with E-state index in [4.69, 9.17) is 4.74 Å². The maximum Gasteiger partial charge on any atom is 0.223 e. The van der Waals surface area contributed by atoms with Crippen molar-refractivity contribution in [2.45, 2.75) is 32.7 Å². The third kappa shape index (κ3) is 3.61. The van der Waals surface area contributed by atoms with Crippen LogP contribution in [0.15, 0.2) is 54.6 Å². The molecule has 1 fully saturated rings. The molecule has 0 radical (unpaired) electrons. The van der Waals surface area contributed by atoms with Crippen LogP contribution in [-0.4, -0.2) is 24.0 Å². The topological polar surface area (TPSA) is 29.5 Å². The lowest BCUT2D eigenvalue weighted by atomic mass is 9.84. The number of nitrogens with zero attached hydrogens (tertiary/aromatic N) is 1. The van der Waals surface area contributed by atoms with Crippen LogP contribution < -0.4 is 4.74 Å². The fraction of sp³-hybridized carbons (Fsp3) is 0.381. The fourth-order valence-corrected chi connectivity index (χ4v) is 3.38. The smallest absolute Gasteiger partial charge is 0.223 e. The number of amides is 1. The summed E-state index contributed by atoms with van der Waals surface area (Å²) in [6.07, 6.45) is 1.29. The Morgan fingerprint density at radius 3 is 2.54 bits per heavy atom. The zero-order chi connectivity index (χ0) is 16.9. The summed E-state index contributed by atoms with van der Waals surface area (Å²) in [5, 5.41) is 0. The van der Waals surface area contributed by atoms with Crippen LogP contribution >= 0.6 is 0 Å². The molecule has 0 aromatic heterocycles. The van der Waals surface area contributed by atoms with Gasteiger partial charge in [-0.2, -0.15) is 0 Å². The summed E-state index contributed by atoms with van der Waals surface area (Å²) in [4.78, 5) is 14.5. The van der Waals surface area contributed by atoms with Gasteiger partial charge < -0.3 is 9.64 Å². The molecule has 0 aliphatic carbocycles. The van der Waals surface area contributed by atoms with E-state index in [2.05, 4.69) is 19.1 Å². The third-order valence-corrected chi connectivity index (χ3v) is 4.71. The second-order valence-corrected chi connectivity index (χ2v) is 6.60. The molecule has 3 nitrogen and oxygen atoms in total. The lowest BCUT2D eigenvalue weighted by Crippen LogP contribution is -2.51. The quantitative estimate of drug-likeness (QED) is 0.739. The predicted octanol–water partition coefficient (Wildman–Crippen LogP) is 4.37. The molecule has 126 valence electrons. The zero-order valence-corrected chi connectivity index (χ0v) is 14.4. The van der Waals surface area contributed by atoms with Gasteiger partial charge in [0.05, 0.1) is 12.6 Å². The molecule has 0 spiro atoms. The zero-order valence-electron chi connectivity index (χ0n) is 14.4. The van der Waals surface area contributed by atoms with Gasteiger partial charge in [0.1, 0.15) is 5.75 Å². The molecule has 0 saturated carbocycles. The number of hydrogen-bond donors (Lipinski definition) is 0. The normalized spacial score (nSPS) is 19.7. The first-order valence-electron chi connectivity index (χ1n) is 8.69. The van der Waals surface area contributed by atoms with E-state index in [9.17, 15) is 4.79 Å². The predicted molar refractivity (Wildman–Crippen MR) is 96.0 cm³/mol. The number of para-hydroxylation sites is 1. The van der Waals surface area contributed by atoms with Gasteiger partial charge in [-0.15, -0.1) is 0 Å². The summed E-state index contributed by atoms with van der Waals surface area (Å²) in [5.74, 6) is 1.67. The van der Waals surface area contributed by atoms with E-state index in [-0.39, 0.29) is 11.9 Å². The highest BCUT2D eigenvalue weighted by molar-refractivity contribution is 5.77. The minimum absolute atomic E-state index is 0.232. The number of aryl methyl sites for hydroxylation is 1. The molecule has 0 unspecified atom stereocenters. The van der Waals surface area contributed by atoms with Crippen molar-refractivity contribution >= 4 is 5.91 Å². The van der Waals surface area contributed by atoms with E-state index >= 15 is 0 Å². The van der Waals surface area contributed by atoms with Crippen molar-refractivity contribution in [3.63, 3.8) is 0 Å². The molecule has 0 bridgehead atoms. The van der Waals surface area contributed by atoms with Gasteiger partial charge in [0, 0.05) is 13.0 Å². The molecule has 24 heavy (non-hydrogen) atoms. The number of ether oxygens (including phenoxy) is 1. The van der Waals surface area contributed by atoms with Crippen LogP contribution in [0.1, 0.15) is 36.9 Å². The van der Waals surface area contributed by atoms with E-state index in [0.29, 0.717) is 18.9 Å². The summed E-state index contributed by atoms with van der Waals surface area (Å²) < 4.78 is 5.78. The molecule has 2 aromatic rings. The lowest BCUT2D eigenvalue weighted by molar-refractivity contribution is -0.143. The minimum Gasteiger partial charge on any atom is -0.493 e. The first kappa shape index (κ1) is 16.6. The molecular formula is C21H25NO2. The fourth-order valence-electron chi connectivity index (χ4n) is 3.38. The molecule has 2 atom stereocenters.